The first-order valence-electron chi connectivity index (χ1n) is 9.45. The third-order valence-electron chi connectivity index (χ3n) is 6.00. The van der Waals surface area contributed by atoms with Gasteiger partial charge in [-0.25, -0.2) is 4.39 Å². The van der Waals surface area contributed by atoms with Crippen molar-refractivity contribution in [3.63, 3.8) is 0 Å². The van der Waals surface area contributed by atoms with Crippen LogP contribution in [0.4, 0.5) is 4.39 Å². The number of hydrogen-bond donors (Lipinski definition) is 1. The van der Waals surface area contributed by atoms with Crippen LogP contribution in [0.3, 0.4) is 0 Å². The average Bonchev–Trinajstić information content (AvgIpc) is 3.22. The highest BCUT2D eigenvalue weighted by molar-refractivity contribution is 5.88. The average molecular weight is 352 g/mol. The molecule has 26 heavy (non-hydrogen) atoms. The van der Waals surface area contributed by atoms with Crippen LogP contribution in [0.25, 0.3) is 11.1 Å². The van der Waals surface area contributed by atoms with Gasteiger partial charge in [0.25, 0.3) is 0 Å². The van der Waals surface area contributed by atoms with Gasteiger partial charge in [-0.1, -0.05) is 43.3 Å². The lowest BCUT2D eigenvalue weighted by Crippen LogP contribution is -2.47. The van der Waals surface area contributed by atoms with Crippen molar-refractivity contribution in [2.75, 3.05) is 13.6 Å². The van der Waals surface area contributed by atoms with Crippen molar-refractivity contribution in [3.05, 3.63) is 59.4 Å². The molecule has 2 heterocycles. The lowest BCUT2D eigenvalue weighted by atomic mass is 9.95. The highest BCUT2D eigenvalue weighted by atomic mass is 19.1. The van der Waals surface area contributed by atoms with Gasteiger partial charge in [-0.05, 0) is 48.4 Å². The number of carbonyl (C=O) groups excluding carboxylic acids is 1. The minimum Gasteiger partial charge on any atom is -0.344 e. The monoisotopic (exact) mass is 352 g/mol. The quantitative estimate of drug-likeness (QED) is 0.903. The first kappa shape index (κ1) is 17.2. The summed E-state index contributed by atoms with van der Waals surface area (Å²) in [4.78, 5) is 14.3. The van der Waals surface area contributed by atoms with Crippen molar-refractivity contribution in [1.29, 1.82) is 0 Å². The van der Waals surface area contributed by atoms with E-state index in [1.165, 1.54) is 0 Å². The first-order chi connectivity index (χ1) is 12.5. The van der Waals surface area contributed by atoms with Gasteiger partial charge in [-0.15, -0.1) is 0 Å². The molecule has 2 fully saturated rings. The van der Waals surface area contributed by atoms with Gasteiger partial charge in [-0.3, -0.25) is 10.1 Å². The van der Waals surface area contributed by atoms with Crippen LogP contribution in [-0.2, 0) is 11.2 Å². The fourth-order valence-corrected chi connectivity index (χ4v) is 4.42. The van der Waals surface area contributed by atoms with Crippen molar-refractivity contribution in [2.24, 2.45) is 0 Å². The summed E-state index contributed by atoms with van der Waals surface area (Å²) < 4.78 is 14.7. The Morgan fingerprint density at radius 1 is 1.23 bits per heavy atom. The van der Waals surface area contributed by atoms with E-state index in [0.29, 0.717) is 12.0 Å². The number of aryl methyl sites for hydroxylation is 1. The zero-order valence-corrected chi connectivity index (χ0v) is 15.4. The molecular formula is C22H25FN2O. The SMILES string of the molecule is CCc1cccc(-c2cccc([C@H]3CC[C@]4(CCN(C)C4=O)N3)c2)c1F. The van der Waals surface area contributed by atoms with E-state index in [-0.39, 0.29) is 17.8 Å². The second-order valence-corrected chi connectivity index (χ2v) is 7.55. The maximum atomic E-state index is 14.7. The highest BCUT2D eigenvalue weighted by Crippen LogP contribution is 2.39. The predicted octanol–water partition coefficient (Wildman–Crippen LogP) is 4.08. The van der Waals surface area contributed by atoms with Crippen LogP contribution in [0, 0.1) is 5.82 Å². The summed E-state index contributed by atoms with van der Waals surface area (Å²) >= 11 is 0. The number of carbonyl (C=O) groups is 1. The number of rotatable bonds is 3. The summed E-state index contributed by atoms with van der Waals surface area (Å²) in [5, 5.41) is 3.59. The maximum Gasteiger partial charge on any atom is 0.242 e. The van der Waals surface area contributed by atoms with E-state index < -0.39 is 5.54 Å². The Morgan fingerprint density at radius 2 is 2.04 bits per heavy atom. The zero-order valence-electron chi connectivity index (χ0n) is 15.4. The molecule has 4 heteroatoms. The van der Waals surface area contributed by atoms with E-state index in [4.69, 9.17) is 0 Å². The van der Waals surface area contributed by atoms with E-state index >= 15 is 0 Å². The number of likely N-dealkylation sites (N-methyl/N-ethyl adjacent to an activating group) is 1. The fourth-order valence-electron chi connectivity index (χ4n) is 4.42. The molecule has 136 valence electrons. The van der Waals surface area contributed by atoms with Gasteiger partial charge in [0.15, 0.2) is 0 Å². The van der Waals surface area contributed by atoms with Gasteiger partial charge >= 0.3 is 0 Å². The molecular weight excluding hydrogens is 327 g/mol. The number of nitrogens with one attached hydrogen (secondary N) is 1. The second-order valence-electron chi connectivity index (χ2n) is 7.55. The van der Waals surface area contributed by atoms with Gasteiger partial charge in [0.1, 0.15) is 11.4 Å². The van der Waals surface area contributed by atoms with Crippen LogP contribution in [0.1, 0.15) is 43.4 Å². The summed E-state index contributed by atoms with van der Waals surface area (Å²) in [5.74, 6) is 0.0773. The summed E-state index contributed by atoms with van der Waals surface area (Å²) in [6.07, 6.45) is 3.35. The van der Waals surface area contributed by atoms with Crippen LogP contribution in [-0.4, -0.2) is 29.9 Å². The molecule has 2 saturated heterocycles. The molecule has 2 atom stereocenters. The topological polar surface area (TPSA) is 32.3 Å². The second kappa shape index (κ2) is 6.51. The van der Waals surface area contributed by atoms with Crippen LogP contribution in [0.5, 0.6) is 0 Å². The molecule has 0 bridgehead atoms. The van der Waals surface area contributed by atoms with Gasteiger partial charge < -0.3 is 4.90 Å². The van der Waals surface area contributed by atoms with Crippen LogP contribution in [0.2, 0.25) is 0 Å². The first-order valence-corrected chi connectivity index (χ1v) is 9.45. The van der Waals surface area contributed by atoms with Crippen molar-refractivity contribution >= 4 is 5.91 Å². The van der Waals surface area contributed by atoms with Crippen molar-refractivity contribution in [1.82, 2.24) is 10.2 Å². The minimum atomic E-state index is -0.400. The van der Waals surface area contributed by atoms with E-state index in [0.717, 1.165) is 42.5 Å². The standard InChI is InChI=1S/C22H25FN2O/c1-3-15-6-5-9-18(20(15)23)16-7-4-8-17(14-16)19-10-11-22(24-19)12-13-25(2)21(22)26/h4-9,14,19,24H,3,10-13H2,1-2H3/t19-,22-/m1/s1. The molecule has 0 aromatic heterocycles. The molecule has 2 aromatic carbocycles. The van der Waals surface area contributed by atoms with E-state index in [1.54, 1.807) is 0 Å². The predicted molar refractivity (Wildman–Crippen MR) is 101 cm³/mol. The van der Waals surface area contributed by atoms with E-state index in [1.807, 2.05) is 49.2 Å². The molecule has 4 rings (SSSR count). The third kappa shape index (κ3) is 2.73. The molecule has 3 nitrogen and oxygen atoms in total. The number of amides is 1. The molecule has 1 amide bonds. The summed E-state index contributed by atoms with van der Waals surface area (Å²) in [6.45, 7) is 2.78. The number of likely N-dealkylation sites (tertiary alicyclic amines) is 1. The molecule has 0 saturated carbocycles. The molecule has 0 aliphatic carbocycles. The molecule has 0 unspecified atom stereocenters. The number of benzene rings is 2. The maximum absolute atomic E-state index is 14.7. The van der Waals surface area contributed by atoms with Gasteiger partial charge in [0, 0.05) is 25.2 Å². The third-order valence-corrected chi connectivity index (χ3v) is 6.00. The summed E-state index contributed by atoms with van der Waals surface area (Å²) in [7, 11) is 1.87. The van der Waals surface area contributed by atoms with Gasteiger partial charge in [0.05, 0.1) is 0 Å². The van der Waals surface area contributed by atoms with E-state index in [9.17, 15) is 9.18 Å². The van der Waals surface area contributed by atoms with Crippen molar-refractivity contribution < 1.29 is 9.18 Å². The molecule has 1 N–H and O–H groups in total. The van der Waals surface area contributed by atoms with Gasteiger partial charge in [-0.2, -0.15) is 0 Å². The van der Waals surface area contributed by atoms with Crippen LogP contribution >= 0.6 is 0 Å². The van der Waals surface area contributed by atoms with Crippen LogP contribution in [0.15, 0.2) is 42.5 Å². The molecule has 2 aromatic rings. The van der Waals surface area contributed by atoms with E-state index in [2.05, 4.69) is 17.4 Å². The molecule has 0 radical (unpaired) electrons. The lowest BCUT2D eigenvalue weighted by molar-refractivity contribution is -0.131. The Balaban J connectivity index is 1.63. The largest absolute Gasteiger partial charge is 0.344 e. The van der Waals surface area contributed by atoms with Crippen molar-refractivity contribution in [3.8, 4) is 11.1 Å². The Bertz CT molecular complexity index is 850. The smallest absolute Gasteiger partial charge is 0.242 e. The molecule has 2 aliphatic rings. The molecule has 1 spiro atoms. The van der Waals surface area contributed by atoms with Crippen molar-refractivity contribution in [2.45, 2.75) is 44.2 Å². The summed E-state index contributed by atoms with van der Waals surface area (Å²) in [5.41, 5.74) is 3.01. The highest BCUT2D eigenvalue weighted by Gasteiger charge is 2.49. The minimum absolute atomic E-state index is 0.129. The number of hydrogen-bond acceptors (Lipinski definition) is 2. The fraction of sp³-hybridized carbons (Fsp3) is 0.409. The number of nitrogens with zero attached hydrogens (tertiary/aromatic N) is 1. The number of halogens is 1. The van der Waals surface area contributed by atoms with Crippen LogP contribution < -0.4 is 5.32 Å². The Morgan fingerprint density at radius 3 is 2.77 bits per heavy atom. The summed E-state index contributed by atoms with van der Waals surface area (Å²) in [6, 6.07) is 13.8. The van der Waals surface area contributed by atoms with Gasteiger partial charge in [0.2, 0.25) is 5.91 Å². The Kier molecular flexibility index (Phi) is 4.31. The molecule has 2 aliphatic heterocycles. The Hall–Kier alpha value is -2.20. The normalized spacial score (nSPS) is 25.4. The Labute approximate surface area is 154 Å². The zero-order chi connectivity index (χ0) is 18.3. The lowest BCUT2D eigenvalue weighted by Gasteiger charge is -2.23.